The molecule has 1 rings (SSSR count). The Morgan fingerprint density at radius 2 is 2.00 bits per heavy atom. The van der Waals surface area contributed by atoms with Gasteiger partial charge in [-0.25, -0.2) is 21.6 Å². The van der Waals surface area contributed by atoms with Gasteiger partial charge in [-0.3, -0.25) is 0 Å². The van der Waals surface area contributed by atoms with Gasteiger partial charge in [0.1, 0.15) is 0 Å². The van der Waals surface area contributed by atoms with E-state index >= 15 is 0 Å². The minimum absolute atomic E-state index is 0.179. The van der Waals surface area contributed by atoms with Crippen LogP contribution in [0.2, 0.25) is 0 Å². The van der Waals surface area contributed by atoms with E-state index in [1.807, 2.05) is 0 Å². The molecule has 2 N–H and O–H groups in total. The molecular formula is C6H14N2O4S2. The van der Waals surface area contributed by atoms with Gasteiger partial charge in [0.05, 0.1) is 0 Å². The fourth-order valence-corrected chi connectivity index (χ4v) is 4.56. The molecular weight excluding hydrogens is 228 g/mol. The molecule has 1 fully saturated rings. The van der Waals surface area contributed by atoms with Gasteiger partial charge in [0.15, 0.2) is 14.9 Å². The Labute approximate surface area is 84.0 Å². The molecule has 1 aliphatic heterocycles. The van der Waals surface area contributed by atoms with Crippen LogP contribution in [0.5, 0.6) is 0 Å². The van der Waals surface area contributed by atoms with Crippen LogP contribution in [-0.2, 0) is 19.9 Å². The summed E-state index contributed by atoms with van der Waals surface area (Å²) >= 11 is 0. The second-order valence-electron chi connectivity index (χ2n) is 3.47. The summed E-state index contributed by atoms with van der Waals surface area (Å²) in [5.41, 5.74) is 0. The van der Waals surface area contributed by atoms with Crippen LogP contribution in [0, 0.1) is 0 Å². The quantitative estimate of drug-likeness (QED) is 0.611. The van der Waals surface area contributed by atoms with E-state index in [-0.39, 0.29) is 6.04 Å². The highest BCUT2D eigenvalue weighted by atomic mass is 32.3. The molecule has 0 spiro atoms. The third kappa shape index (κ3) is 4.36. The third-order valence-electron chi connectivity index (χ3n) is 1.78. The van der Waals surface area contributed by atoms with E-state index in [9.17, 15) is 16.8 Å². The number of nitrogens with one attached hydrogen (secondary N) is 2. The molecule has 1 atom stereocenters. The fourth-order valence-electron chi connectivity index (χ4n) is 1.33. The normalized spacial score (nSPS) is 23.9. The fraction of sp³-hybridized carbons (Fsp3) is 1.00. The molecule has 14 heavy (non-hydrogen) atoms. The van der Waals surface area contributed by atoms with Crippen molar-refractivity contribution in [3.05, 3.63) is 0 Å². The molecule has 1 saturated heterocycles. The zero-order chi connectivity index (χ0) is 10.8. The highest BCUT2D eigenvalue weighted by molar-refractivity contribution is 8.06. The topological polar surface area (TPSA) is 92.3 Å². The average Bonchev–Trinajstić information content (AvgIpc) is 2.31. The number of sulfonamides is 1. The first-order valence-corrected chi connectivity index (χ1v) is 7.88. The van der Waals surface area contributed by atoms with E-state index < -0.39 is 24.9 Å². The molecule has 0 amide bonds. The molecule has 0 aromatic rings. The number of hydrogen-bond donors (Lipinski definition) is 2. The predicted octanol–water partition coefficient (Wildman–Crippen LogP) is -1.73. The maximum Gasteiger partial charge on any atom is 0.226 e. The molecule has 1 aliphatic rings. The monoisotopic (exact) mass is 242 g/mol. The maximum absolute atomic E-state index is 11.3. The lowest BCUT2D eigenvalue weighted by molar-refractivity contribution is 0.562. The van der Waals surface area contributed by atoms with E-state index in [1.165, 1.54) is 0 Å². The second kappa shape index (κ2) is 4.13. The van der Waals surface area contributed by atoms with Gasteiger partial charge in [-0.15, -0.1) is 0 Å². The van der Waals surface area contributed by atoms with Crippen molar-refractivity contribution >= 4 is 19.9 Å². The highest BCUT2D eigenvalue weighted by Crippen LogP contribution is 2.01. The van der Waals surface area contributed by atoms with Crippen LogP contribution >= 0.6 is 0 Å². The van der Waals surface area contributed by atoms with Crippen molar-refractivity contribution in [3.8, 4) is 0 Å². The maximum atomic E-state index is 11.3. The smallest absolute Gasteiger partial charge is 0.226 e. The van der Waals surface area contributed by atoms with Crippen molar-refractivity contribution in [1.29, 1.82) is 0 Å². The van der Waals surface area contributed by atoms with Crippen molar-refractivity contribution in [2.75, 3.05) is 24.4 Å². The lowest BCUT2D eigenvalue weighted by Gasteiger charge is -2.10. The van der Waals surface area contributed by atoms with Crippen molar-refractivity contribution in [3.63, 3.8) is 0 Å². The van der Waals surface area contributed by atoms with E-state index in [1.54, 1.807) is 0 Å². The summed E-state index contributed by atoms with van der Waals surface area (Å²) < 4.78 is 46.5. The Morgan fingerprint density at radius 1 is 1.36 bits per heavy atom. The minimum Gasteiger partial charge on any atom is -0.315 e. The van der Waals surface area contributed by atoms with Gasteiger partial charge in [0, 0.05) is 18.8 Å². The molecule has 0 bridgehead atoms. The van der Waals surface area contributed by atoms with Crippen molar-refractivity contribution in [2.24, 2.45) is 0 Å². The molecule has 0 unspecified atom stereocenters. The summed E-state index contributed by atoms with van der Waals surface area (Å²) in [6, 6.07) is -0.179. The number of sulfone groups is 1. The standard InChI is InChI=1S/C6H14N2O4S2/c1-13(9,10)5-14(11,12)8-6-2-3-7-4-6/h6-8H,2-5H2,1H3/t6-/m0/s1. The van der Waals surface area contributed by atoms with Gasteiger partial charge in [0.25, 0.3) is 0 Å². The number of hydrogen-bond acceptors (Lipinski definition) is 5. The molecule has 84 valence electrons. The summed E-state index contributed by atoms with van der Waals surface area (Å²) in [4.78, 5) is 0. The number of rotatable bonds is 4. The van der Waals surface area contributed by atoms with Gasteiger partial charge in [0.2, 0.25) is 10.0 Å². The zero-order valence-electron chi connectivity index (χ0n) is 7.86. The van der Waals surface area contributed by atoms with Crippen molar-refractivity contribution in [1.82, 2.24) is 10.0 Å². The van der Waals surface area contributed by atoms with Crippen molar-refractivity contribution < 1.29 is 16.8 Å². The first kappa shape index (κ1) is 11.9. The molecule has 0 aromatic carbocycles. The largest absolute Gasteiger partial charge is 0.315 e. The molecule has 1 heterocycles. The van der Waals surface area contributed by atoms with Crippen LogP contribution in [0.3, 0.4) is 0 Å². The molecule has 6 nitrogen and oxygen atoms in total. The first-order chi connectivity index (χ1) is 6.29. The van der Waals surface area contributed by atoms with Gasteiger partial charge in [-0.1, -0.05) is 0 Å². The Bertz CT molecular complexity index is 380. The molecule has 0 aliphatic carbocycles. The van der Waals surface area contributed by atoms with E-state index in [2.05, 4.69) is 10.0 Å². The van der Waals surface area contributed by atoms with Gasteiger partial charge in [-0.2, -0.15) is 0 Å². The van der Waals surface area contributed by atoms with Gasteiger partial charge in [-0.05, 0) is 13.0 Å². The van der Waals surface area contributed by atoms with E-state index in [0.29, 0.717) is 13.0 Å². The van der Waals surface area contributed by atoms with Crippen molar-refractivity contribution in [2.45, 2.75) is 12.5 Å². The summed E-state index contributed by atoms with van der Waals surface area (Å²) in [6.45, 7) is 1.31. The van der Waals surface area contributed by atoms with Gasteiger partial charge >= 0.3 is 0 Å². The minimum atomic E-state index is -3.70. The van der Waals surface area contributed by atoms with Crippen LogP contribution in [0.4, 0.5) is 0 Å². The summed E-state index contributed by atoms with van der Waals surface area (Å²) in [5.74, 6) is 0. The first-order valence-electron chi connectivity index (χ1n) is 4.17. The second-order valence-corrected chi connectivity index (χ2v) is 7.73. The summed E-state index contributed by atoms with van der Waals surface area (Å²) in [5, 5.41) is 2.14. The van der Waals surface area contributed by atoms with Crippen LogP contribution in [0.25, 0.3) is 0 Å². The van der Waals surface area contributed by atoms with Crippen LogP contribution in [0.1, 0.15) is 6.42 Å². The Balaban J connectivity index is 2.58. The lowest BCUT2D eigenvalue weighted by Crippen LogP contribution is -2.39. The third-order valence-corrected chi connectivity index (χ3v) is 5.42. The molecule has 0 aromatic heterocycles. The predicted molar refractivity (Wildman–Crippen MR) is 53.0 cm³/mol. The highest BCUT2D eigenvalue weighted by Gasteiger charge is 2.24. The Kier molecular flexibility index (Phi) is 3.51. The molecule has 0 saturated carbocycles. The lowest BCUT2D eigenvalue weighted by atomic mass is 10.3. The van der Waals surface area contributed by atoms with Gasteiger partial charge < -0.3 is 5.32 Å². The molecule has 0 radical (unpaired) electrons. The zero-order valence-corrected chi connectivity index (χ0v) is 9.49. The summed E-state index contributed by atoms with van der Waals surface area (Å²) in [6.07, 6.45) is 1.60. The van der Waals surface area contributed by atoms with E-state index in [4.69, 9.17) is 0 Å². The molecule has 8 heteroatoms. The van der Waals surface area contributed by atoms with Crippen LogP contribution in [-0.4, -0.2) is 47.3 Å². The Hall–Kier alpha value is -0.180. The van der Waals surface area contributed by atoms with Crippen LogP contribution in [0.15, 0.2) is 0 Å². The van der Waals surface area contributed by atoms with E-state index in [0.717, 1.165) is 12.8 Å². The SMILES string of the molecule is CS(=O)(=O)CS(=O)(=O)N[C@H]1CCNC1. The Morgan fingerprint density at radius 3 is 2.43 bits per heavy atom. The average molecular weight is 242 g/mol. The van der Waals surface area contributed by atoms with Crippen LogP contribution < -0.4 is 10.0 Å². The summed E-state index contributed by atoms with van der Waals surface area (Å²) in [7, 11) is -7.20.